The zero-order valence-electron chi connectivity index (χ0n) is 15.3. The molecule has 0 amide bonds. The maximum Gasteiger partial charge on any atom is 0.267 e. The van der Waals surface area contributed by atoms with Crippen LogP contribution in [0.1, 0.15) is 17.0 Å². The van der Waals surface area contributed by atoms with Gasteiger partial charge in [-0.2, -0.15) is 16.9 Å². The molecule has 0 spiro atoms. The van der Waals surface area contributed by atoms with Gasteiger partial charge in [0.2, 0.25) is 0 Å². The maximum atomic E-state index is 12.3. The van der Waals surface area contributed by atoms with Crippen molar-refractivity contribution in [3.8, 4) is 0 Å². The van der Waals surface area contributed by atoms with Gasteiger partial charge in [0.15, 0.2) is 0 Å². The van der Waals surface area contributed by atoms with Crippen molar-refractivity contribution in [1.82, 2.24) is 29.1 Å². The summed E-state index contributed by atoms with van der Waals surface area (Å²) in [4.78, 5) is 21.6. The Labute approximate surface area is 158 Å². The zero-order chi connectivity index (χ0) is 17.9. The van der Waals surface area contributed by atoms with E-state index in [-0.39, 0.29) is 5.56 Å². The highest BCUT2D eigenvalue weighted by Crippen LogP contribution is 2.21. The highest BCUT2D eigenvalue weighted by Gasteiger charge is 2.18. The number of imidazole rings is 1. The first-order valence-corrected chi connectivity index (χ1v) is 10.4. The molecule has 2 aliphatic rings. The summed E-state index contributed by atoms with van der Waals surface area (Å²) in [5.74, 6) is 2.03. The van der Waals surface area contributed by atoms with Gasteiger partial charge < -0.3 is 4.57 Å². The van der Waals surface area contributed by atoms with Crippen molar-refractivity contribution in [2.24, 2.45) is 7.05 Å². The third kappa shape index (κ3) is 4.19. The fraction of sp³-hybridized carbons (Fsp3) is 0.611. The second kappa shape index (κ2) is 7.94. The number of thioether (sulfide) groups is 1. The van der Waals surface area contributed by atoms with Crippen molar-refractivity contribution in [2.75, 3.05) is 38.5 Å². The van der Waals surface area contributed by atoms with Crippen LogP contribution in [-0.2, 0) is 32.3 Å². The summed E-state index contributed by atoms with van der Waals surface area (Å²) in [6.07, 6.45) is 4.92. The van der Waals surface area contributed by atoms with Crippen molar-refractivity contribution in [2.45, 2.75) is 25.3 Å². The van der Waals surface area contributed by atoms with Crippen LogP contribution in [0.4, 0.5) is 0 Å². The molecule has 26 heavy (non-hydrogen) atoms. The Balaban J connectivity index is 1.28. The van der Waals surface area contributed by atoms with Gasteiger partial charge in [-0.25, -0.2) is 9.67 Å². The number of aryl methyl sites for hydroxylation is 2. The molecule has 0 aromatic carbocycles. The number of nitrogens with zero attached hydrogens (tertiary/aromatic N) is 6. The smallest absolute Gasteiger partial charge is 0.267 e. The summed E-state index contributed by atoms with van der Waals surface area (Å²) in [6.45, 7) is 6.63. The van der Waals surface area contributed by atoms with Crippen LogP contribution < -0.4 is 5.56 Å². The van der Waals surface area contributed by atoms with Gasteiger partial charge in [0.05, 0.1) is 24.3 Å². The summed E-state index contributed by atoms with van der Waals surface area (Å²) >= 11 is 1.88. The average molecular weight is 375 g/mol. The van der Waals surface area contributed by atoms with E-state index in [0.29, 0.717) is 6.54 Å². The van der Waals surface area contributed by atoms with Gasteiger partial charge in [-0.15, -0.1) is 0 Å². The van der Waals surface area contributed by atoms with E-state index < -0.39 is 0 Å². The fourth-order valence-electron chi connectivity index (χ4n) is 3.60. The van der Waals surface area contributed by atoms with Crippen LogP contribution >= 0.6 is 11.8 Å². The Morgan fingerprint density at radius 2 is 1.96 bits per heavy atom. The number of hydrogen-bond donors (Lipinski definition) is 0. The second-order valence-corrected chi connectivity index (χ2v) is 8.23. The minimum Gasteiger partial charge on any atom is -0.340 e. The molecule has 0 aliphatic carbocycles. The lowest BCUT2D eigenvalue weighted by Gasteiger charge is -2.34. The predicted octanol–water partition coefficient (Wildman–Crippen LogP) is 0.584. The van der Waals surface area contributed by atoms with Crippen molar-refractivity contribution in [1.29, 1.82) is 0 Å². The molecule has 4 heterocycles. The first-order valence-electron chi connectivity index (χ1n) is 9.26. The molecule has 2 aromatic heterocycles. The van der Waals surface area contributed by atoms with E-state index in [9.17, 15) is 4.79 Å². The quantitative estimate of drug-likeness (QED) is 0.763. The Hall–Kier alpha value is -1.64. The van der Waals surface area contributed by atoms with Gasteiger partial charge in [-0.1, -0.05) is 0 Å². The summed E-state index contributed by atoms with van der Waals surface area (Å²) in [5, 5.41) is 4.61. The SMILES string of the molecule is Cn1cnc(CN2CCN(CCn3nc4c(cc3=O)CSCC4)CC2)c1. The molecule has 0 N–H and O–H groups in total. The molecule has 4 rings (SSSR count). The monoisotopic (exact) mass is 374 g/mol. The van der Waals surface area contributed by atoms with E-state index >= 15 is 0 Å². The molecular weight excluding hydrogens is 348 g/mol. The molecule has 2 aliphatic heterocycles. The molecule has 1 saturated heterocycles. The molecule has 140 valence electrons. The largest absolute Gasteiger partial charge is 0.340 e. The van der Waals surface area contributed by atoms with Crippen LogP contribution in [-0.4, -0.2) is 67.6 Å². The molecule has 0 saturated carbocycles. The standard InChI is InChI=1S/C18H26N6OS/c1-21-11-16(19-14-21)12-23-5-3-22(4-6-23)7-8-24-18(25)10-15-13-26-9-2-17(15)20-24/h10-11,14H,2-9,12-13H2,1H3. The molecule has 0 atom stereocenters. The van der Waals surface area contributed by atoms with Gasteiger partial charge in [0.1, 0.15) is 0 Å². The van der Waals surface area contributed by atoms with Crippen LogP contribution in [0.5, 0.6) is 0 Å². The van der Waals surface area contributed by atoms with Crippen molar-refractivity contribution in [3.05, 3.63) is 45.9 Å². The molecule has 1 fully saturated rings. The molecular formula is C18H26N6OS. The highest BCUT2D eigenvalue weighted by atomic mass is 32.2. The van der Waals surface area contributed by atoms with Gasteiger partial charge in [0.25, 0.3) is 5.56 Å². The van der Waals surface area contributed by atoms with Crippen molar-refractivity contribution in [3.63, 3.8) is 0 Å². The van der Waals surface area contributed by atoms with E-state index in [1.54, 1.807) is 10.7 Å². The molecule has 8 heteroatoms. The fourth-order valence-corrected chi connectivity index (χ4v) is 4.55. The number of rotatable bonds is 5. The van der Waals surface area contributed by atoms with Crippen LogP contribution in [0.15, 0.2) is 23.4 Å². The predicted molar refractivity (Wildman–Crippen MR) is 103 cm³/mol. The van der Waals surface area contributed by atoms with Gasteiger partial charge in [0, 0.05) is 70.8 Å². The van der Waals surface area contributed by atoms with Crippen LogP contribution in [0, 0.1) is 0 Å². The lowest BCUT2D eigenvalue weighted by atomic mass is 10.2. The van der Waals surface area contributed by atoms with Gasteiger partial charge in [-0.3, -0.25) is 14.6 Å². The molecule has 2 aromatic rings. The van der Waals surface area contributed by atoms with Crippen LogP contribution in [0.3, 0.4) is 0 Å². The number of hydrogen-bond acceptors (Lipinski definition) is 6. The van der Waals surface area contributed by atoms with E-state index in [1.165, 1.54) is 0 Å². The van der Waals surface area contributed by atoms with Crippen molar-refractivity contribution >= 4 is 11.8 Å². The minimum absolute atomic E-state index is 0.0417. The van der Waals surface area contributed by atoms with Gasteiger partial charge in [-0.05, 0) is 11.3 Å². The minimum atomic E-state index is 0.0417. The Morgan fingerprint density at radius 1 is 1.15 bits per heavy atom. The van der Waals surface area contributed by atoms with E-state index in [2.05, 4.69) is 26.1 Å². The van der Waals surface area contributed by atoms with E-state index in [4.69, 9.17) is 0 Å². The van der Waals surface area contributed by atoms with Gasteiger partial charge >= 0.3 is 0 Å². The average Bonchev–Trinajstić information content (AvgIpc) is 3.06. The number of aromatic nitrogens is 4. The number of piperazine rings is 1. The lowest BCUT2D eigenvalue weighted by Crippen LogP contribution is -2.47. The van der Waals surface area contributed by atoms with Crippen LogP contribution in [0.25, 0.3) is 0 Å². The van der Waals surface area contributed by atoms with E-state index in [1.807, 2.05) is 29.7 Å². The second-order valence-electron chi connectivity index (χ2n) is 7.13. The summed E-state index contributed by atoms with van der Waals surface area (Å²) in [5.41, 5.74) is 3.41. The molecule has 7 nitrogen and oxygen atoms in total. The molecule has 0 radical (unpaired) electrons. The Kier molecular flexibility index (Phi) is 5.42. The normalized spacial score (nSPS) is 18.8. The first-order chi connectivity index (χ1) is 12.7. The van der Waals surface area contributed by atoms with Crippen molar-refractivity contribution < 1.29 is 0 Å². The summed E-state index contributed by atoms with van der Waals surface area (Å²) < 4.78 is 3.66. The summed E-state index contributed by atoms with van der Waals surface area (Å²) in [6, 6.07) is 1.79. The Bertz CT molecular complexity index is 808. The third-order valence-electron chi connectivity index (χ3n) is 5.14. The zero-order valence-corrected chi connectivity index (χ0v) is 16.1. The Morgan fingerprint density at radius 3 is 2.73 bits per heavy atom. The van der Waals surface area contributed by atoms with Crippen LogP contribution in [0.2, 0.25) is 0 Å². The molecule has 0 unspecified atom stereocenters. The van der Waals surface area contributed by atoms with E-state index in [0.717, 1.165) is 74.1 Å². The lowest BCUT2D eigenvalue weighted by molar-refractivity contribution is 0.121. The molecule has 0 bridgehead atoms. The maximum absolute atomic E-state index is 12.3. The number of fused-ring (bicyclic) bond motifs is 1. The third-order valence-corrected chi connectivity index (χ3v) is 6.15. The highest BCUT2D eigenvalue weighted by molar-refractivity contribution is 7.98. The first kappa shape index (κ1) is 17.8. The topological polar surface area (TPSA) is 59.2 Å². The summed E-state index contributed by atoms with van der Waals surface area (Å²) in [7, 11) is 2.00.